The van der Waals surface area contributed by atoms with E-state index in [4.69, 9.17) is 4.74 Å². The first-order chi connectivity index (χ1) is 9.32. The molecule has 0 saturated carbocycles. The molecule has 0 aliphatic carbocycles. The third-order valence-electron chi connectivity index (χ3n) is 4.91. The second-order valence-electron chi connectivity index (χ2n) is 7.74. The van der Waals surface area contributed by atoms with Crippen LogP contribution in [0.3, 0.4) is 0 Å². The average Bonchev–Trinajstić information content (AvgIpc) is 2.72. The maximum Gasteiger partial charge on any atom is 0.0631 e. The minimum atomic E-state index is 0.0976. The number of rotatable bonds is 9. The van der Waals surface area contributed by atoms with Crippen molar-refractivity contribution < 1.29 is 4.74 Å². The van der Waals surface area contributed by atoms with Crippen LogP contribution in [0.25, 0.3) is 0 Å². The molecule has 2 unspecified atom stereocenters. The van der Waals surface area contributed by atoms with Crippen LogP contribution in [-0.4, -0.2) is 24.3 Å². The maximum atomic E-state index is 6.27. The first kappa shape index (κ1) is 18.0. The van der Waals surface area contributed by atoms with Gasteiger partial charge in [0.2, 0.25) is 0 Å². The molecule has 1 saturated heterocycles. The highest BCUT2D eigenvalue weighted by Crippen LogP contribution is 2.40. The largest absolute Gasteiger partial charge is 0.372 e. The van der Waals surface area contributed by atoms with Crippen LogP contribution in [0.5, 0.6) is 0 Å². The van der Waals surface area contributed by atoms with Gasteiger partial charge in [0.05, 0.1) is 11.7 Å². The van der Waals surface area contributed by atoms with Gasteiger partial charge in [-0.2, -0.15) is 0 Å². The van der Waals surface area contributed by atoms with Crippen LogP contribution in [0.4, 0.5) is 0 Å². The molecule has 2 nitrogen and oxygen atoms in total. The van der Waals surface area contributed by atoms with Crippen molar-refractivity contribution in [2.24, 2.45) is 5.41 Å². The predicted molar refractivity (Wildman–Crippen MR) is 88.2 cm³/mol. The van der Waals surface area contributed by atoms with Crippen molar-refractivity contribution in [1.82, 2.24) is 5.32 Å². The van der Waals surface area contributed by atoms with Gasteiger partial charge in [-0.3, -0.25) is 0 Å². The van der Waals surface area contributed by atoms with E-state index in [0.717, 1.165) is 6.54 Å². The fourth-order valence-electron chi connectivity index (χ4n) is 3.39. The van der Waals surface area contributed by atoms with Gasteiger partial charge in [0.25, 0.3) is 0 Å². The van der Waals surface area contributed by atoms with Crippen molar-refractivity contribution in [2.75, 3.05) is 6.54 Å². The third-order valence-corrected chi connectivity index (χ3v) is 4.91. The third kappa shape index (κ3) is 5.73. The summed E-state index contributed by atoms with van der Waals surface area (Å²) < 4.78 is 6.27. The normalized spacial score (nSPS) is 25.1. The van der Waals surface area contributed by atoms with E-state index in [-0.39, 0.29) is 5.60 Å². The summed E-state index contributed by atoms with van der Waals surface area (Å²) in [6.45, 7) is 14.8. The molecular formula is C18H37NO. The molecule has 1 aliphatic heterocycles. The first-order valence-electron chi connectivity index (χ1n) is 8.74. The van der Waals surface area contributed by atoms with Crippen molar-refractivity contribution >= 4 is 0 Å². The summed E-state index contributed by atoms with van der Waals surface area (Å²) in [6.07, 6.45) is 9.37. The average molecular weight is 284 g/mol. The van der Waals surface area contributed by atoms with Gasteiger partial charge >= 0.3 is 0 Å². The van der Waals surface area contributed by atoms with E-state index >= 15 is 0 Å². The molecule has 1 heterocycles. The van der Waals surface area contributed by atoms with Crippen LogP contribution in [0.15, 0.2) is 0 Å². The second kappa shape index (κ2) is 7.79. The van der Waals surface area contributed by atoms with Crippen molar-refractivity contribution in [2.45, 2.75) is 104 Å². The Hall–Kier alpha value is -0.0800. The Labute approximate surface area is 127 Å². The standard InChI is InChI=1S/C18H37NO/c1-7-9-11-18(8-2,14-19-15(3)4)13-16-10-12-17(5,6)20-16/h15-16,19H,7-14H2,1-6H3. The molecule has 0 aromatic rings. The minimum Gasteiger partial charge on any atom is -0.372 e. The molecule has 20 heavy (non-hydrogen) atoms. The van der Waals surface area contributed by atoms with E-state index in [1.165, 1.54) is 44.9 Å². The van der Waals surface area contributed by atoms with Gasteiger partial charge in [0, 0.05) is 12.6 Å². The van der Waals surface area contributed by atoms with Crippen LogP contribution in [0.1, 0.15) is 86.5 Å². The Bertz CT molecular complexity index is 275. The molecule has 1 N–H and O–H groups in total. The summed E-state index contributed by atoms with van der Waals surface area (Å²) in [5, 5.41) is 3.69. The van der Waals surface area contributed by atoms with Crippen molar-refractivity contribution in [3.05, 3.63) is 0 Å². The Morgan fingerprint density at radius 1 is 1.30 bits per heavy atom. The van der Waals surface area contributed by atoms with Gasteiger partial charge in [-0.05, 0) is 51.4 Å². The highest BCUT2D eigenvalue weighted by molar-refractivity contribution is 4.89. The molecular weight excluding hydrogens is 246 g/mol. The molecule has 0 amide bonds. The second-order valence-corrected chi connectivity index (χ2v) is 7.74. The van der Waals surface area contributed by atoms with Gasteiger partial charge in [0.15, 0.2) is 0 Å². The molecule has 0 radical (unpaired) electrons. The molecule has 1 aliphatic rings. The van der Waals surface area contributed by atoms with Crippen molar-refractivity contribution in [1.29, 1.82) is 0 Å². The summed E-state index contributed by atoms with van der Waals surface area (Å²) in [5.41, 5.74) is 0.520. The maximum absolute atomic E-state index is 6.27. The molecule has 0 spiro atoms. The lowest BCUT2D eigenvalue weighted by molar-refractivity contribution is -0.0380. The number of nitrogens with one attached hydrogen (secondary N) is 1. The molecule has 1 fully saturated rings. The number of ether oxygens (including phenoxy) is 1. The van der Waals surface area contributed by atoms with Crippen LogP contribution >= 0.6 is 0 Å². The highest BCUT2D eigenvalue weighted by atomic mass is 16.5. The number of hydrogen-bond donors (Lipinski definition) is 1. The van der Waals surface area contributed by atoms with Crippen LogP contribution in [0.2, 0.25) is 0 Å². The topological polar surface area (TPSA) is 21.3 Å². The lowest BCUT2D eigenvalue weighted by atomic mass is 9.75. The predicted octanol–water partition coefficient (Wildman–Crippen LogP) is 4.92. The smallest absolute Gasteiger partial charge is 0.0631 e. The zero-order chi connectivity index (χ0) is 15.2. The minimum absolute atomic E-state index is 0.0976. The lowest BCUT2D eigenvalue weighted by Gasteiger charge is -2.36. The highest BCUT2D eigenvalue weighted by Gasteiger charge is 2.37. The van der Waals surface area contributed by atoms with Crippen LogP contribution in [-0.2, 0) is 4.74 Å². The molecule has 0 aromatic carbocycles. The van der Waals surface area contributed by atoms with Gasteiger partial charge < -0.3 is 10.1 Å². The fourth-order valence-corrected chi connectivity index (χ4v) is 3.39. The summed E-state index contributed by atoms with van der Waals surface area (Å²) in [6, 6.07) is 0.573. The summed E-state index contributed by atoms with van der Waals surface area (Å²) >= 11 is 0. The SMILES string of the molecule is CCCCC(CC)(CNC(C)C)CC1CCC(C)(C)O1. The monoisotopic (exact) mass is 283 g/mol. The lowest BCUT2D eigenvalue weighted by Crippen LogP contribution is -2.40. The number of hydrogen-bond acceptors (Lipinski definition) is 2. The molecule has 2 heteroatoms. The van der Waals surface area contributed by atoms with Crippen LogP contribution < -0.4 is 5.32 Å². The van der Waals surface area contributed by atoms with Crippen molar-refractivity contribution in [3.63, 3.8) is 0 Å². The van der Waals surface area contributed by atoms with E-state index in [0.29, 0.717) is 17.6 Å². The van der Waals surface area contributed by atoms with Gasteiger partial charge in [0.1, 0.15) is 0 Å². The van der Waals surface area contributed by atoms with E-state index in [2.05, 4.69) is 46.9 Å². The van der Waals surface area contributed by atoms with Gasteiger partial charge in [-0.25, -0.2) is 0 Å². The summed E-state index contributed by atoms with van der Waals surface area (Å²) in [5.74, 6) is 0. The van der Waals surface area contributed by atoms with E-state index < -0.39 is 0 Å². The molecule has 2 atom stereocenters. The van der Waals surface area contributed by atoms with Gasteiger partial charge in [-0.15, -0.1) is 0 Å². The van der Waals surface area contributed by atoms with Crippen LogP contribution in [0, 0.1) is 5.41 Å². The summed E-state index contributed by atoms with van der Waals surface area (Å²) in [7, 11) is 0. The molecule has 0 bridgehead atoms. The Morgan fingerprint density at radius 3 is 2.45 bits per heavy atom. The number of unbranched alkanes of at least 4 members (excludes halogenated alkanes) is 1. The van der Waals surface area contributed by atoms with E-state index in [1.807, 2.05) is 0 Å². The Morgan fingerprint density at radius 2 is 2.00 bits per heavy atom. The fraction of sp³-hybridized carbons (Fsp3) is 1.00. The first-order valence-corrected chi connectivity index (χ1v) is 8.74. The Balaban J connectivity index is 2.64. The van der Waals surface area contributed by atoms with E-state index in [9.17, 15) is 0 Å². The zero-order valence-electron chi connectivity index (χ0n) is 14.7. The summed E-state index contributed by atoms with van der Waals surface area (Å²) in [4.78, 5) is 0. The molecule has 0 aromatic heterocycles. The quantitative estimate of drug-likeness (QED) is 0.648. The van der Waals surface area contributed by atoms with Crippen molar-refractivity contribution in [3.8, 4) is 0 Å². The zero-order valence-corrected chi connectivity index (χ0v) is 14.7. The van der Waals surface area contributed by atoms with E-state index in [1.54, 1.807) is 0 Å². The molecule has 1 rings (SSSR count). The van der Waals surface area contributed by atoms with Gasteiger partial charge in [-0.1, -0.05) is 40.5 Å². The molecule has 120 valence electrons. The Kier molecular flexibility index (Phi) is 7.00.